The van der Waals surface area contributed by atoms with Gasteiger partial charge in [-0.3, -0.25) is 9.69 Å². The van der Waals surface area contributed by atoms with Crippen molar-refractivity contribution in [2.45, 2.75) is 25.2 Å². The average Bonchev–Trinajstić information content (AvgIpc) is 3.03. The number of halogens is 3. The summed E-state index contributed by atoms with van der Waals surface area (Å²) in [5.74, 6) is 1.68. The summed E-state index contributed by atoms with van der Waals surface area (Å²) in [6, 6.07) is 23.5. The van der Waals surface area contributed by atoms with Gasteiger partial charge in [0, 0.05) is 42.3 Å². The molecule has 0 saturated carbocycles. The molecule has 46 heavy (non-hydrogen) atoms. The van der Waals surface area contributed by atoms with Crippen LogP contribution in [-0.2, 0) is 23.9 Å². The fraction of sp³-hybridized carbons (Fsp3) is 0.229. The lowest BCUT2D eigenvalue weighted by molar-refractivity contribution is -0.137. The zero-order valence-corrected chi connectivity index (χ0v) is 25.2. The van der Waals surface area contributed by atoms with Gasteiger partial charge in [0.2, 0.25) is 5.91 Å². The topological polar surface area (TPSA) is 85.8 Å². The molecule has 1 aromatic heterocycles. The second-order valence-electron chi connectivity index (χ2n) is 11.0. The highest BCUT2D eigenvalue weighted by Crippen LogP contribution is 2.37. The maximum absolute atomic E-state index is 12.8. The molecule has 0 spiro atoms. The van der Waals surface area contributed by atoms with E-state index < -0.39 is 11.7 Å². The van der Waals surface area contributed by atoms with Gasteiger partial charge in [0.15, 0.2) is 11.5 Å². The van der Waals surface area contributed by atoms with E-state index in [2.05, 4.69) is 32.3 Å². The molecule has 0 atom stereocenters. The Bertz CT molecular complexity index is 1820. The van der Waals surface area contributed by atoms with Gasteiger partial charge in [-0.2, -0.15) is 13.2 Å². The van der Waals surface area contributed by atoms with Crippen LogP contribution in [0.3, 0.4) is 0 Å². The van der Waals surface area contributed by atoms with E-state index >= 15 is 0 Å². The number of rotatable bonds is 10. The molecule has 1 aliphatic heterocycles. The highest BCUT2D eigenvalue weighted by molar-refractivity contribution is 5.95. The van der Waals surface area contributed by atoms with Crippen LogP contribution in [-0.4, -0.2) is 54.2 Å². The molecule has 1 amide bonds. The predicted octanol–water partition coefficient (Wildman–Crippen LogP) is 6.78. The van der Waals surface area contributed by atoms with Crippen LogP contribution in [0.5, 0.6) is 17.2 Å². The number of aromatic nitrogens is 2. The van der Waals surface area contributed by atoms with Gasteiger partial charge in [-0.15, -0.1) is 0 Å². The van der Waals surface area contributed by atoms with Crippen molar-refractivity contribution >= 4 is 22.5 Å². The smallest absolute Gasteiger partial charge is 0.416 e. The predicted molar refractivity (Wildman–Crippen MR) is 168 cm³/mol. The van der Waals surface area contributed by atoms with Gasteiger partial charge in [-0.05, 0) is 53.6 Å². The Morgan fingerprint density at radius 1 is 0.870 bits per heavy atom. The number of anilines is 1. The molecule has 6 rings (SSSR count). The summed E-state index contributed by atoms with van der Waals surface area (Å²) in [5.41, 5.74) is 3.68. The first-order valence-electron chi connectivity index (χ1n) is 14.6. The van der Waals surface area contributed by atoms with Crippen LogP contribution in [0.25, 0.3) is 22.2 Å². The zero-order chi connectivity index (χ0) is 32.3. The van der Waals surface area contributed by atoms with Crippen molar-refractivity contribution in [2.75, 3.05) is 32.6 Å². The maximum Gasteiger partial charge on any atom is 0.416 e. The molecular weight excluding hydrogens is 597 g/mol. The molecule has 0 bridgehead atoms. The molecule has 0 aliphatic carbocycles. The number of methoxy groups -OCH3 is 2. The Kier molecular flexibility index (Phi) is 8.76. The van der Waals surface area contributed by atoms with Gasteiger partial charge in [-0.25, -0.2) is 9.97 Å². The third-order valence-corrected chi connectivity index (χ3v) is 7.79. The van der Waals surface area contributed by atoms with Gasteiger partial charge in [0.1, 0.15) is 18.2 Å². The quantitative estimate of drug-likeness (QED) is 0.183. The van der Waals surface area contributed by atoms with E-state index in [4.69, 9.17) is 14.2 Å². The van der Waals surface area contributed by atoms with E-state index in [1.807, 2.05) is 36.4 Å². The van der Waals surface area contributed by atoms with Crippen LogP contribution in [0.2, 0.25) is 0 Å². The largest absolute Gasteiger partial charge is 0.497 e. The molecule has 0 unspecified atom stereocenters. The van der Waals surface area contributed by atoms with Crippen molar-refractivity contribution in [3.05, 3.63) is 108 Å². The first kappa shape index (κ1) is 30.8. The molecule has 236 valence electrons. The number of alkyl halides is 3. The van der Waals surface area contributed by atoms with Crippen molar-refractivity contribution in [3.8, 4) is 28.5 Å². The van der Waals surface area contributed by atoms with Gasteiger partial charge in [0.25, 0.3) is 0 Å². The van der Waals surface area contributed by atoms with E-state index in [0.29, 0.717) is 34.0 Å². The molecule has 11 heteroatoms. The van der Waals surface area contributed by atoms with Gasteiger partial charge in [0.05, 0.1) is 37.4 Å². The number of carbonyl (C=O) groups excluding carboxylic acids is 1. The molecule has 8 nitrogen and oxygen atoms in total. The Labute approximate surface area is 263 Å². The second-order valence-corrected chi connectivity index (χ2v) is 11.0. The summed E-state index contributed by atoms with van der Waals surface area (Å²) in [5, 5.41) is 3.57. The van der Waals surface area contributed by atoms with Crippen molar-refractivity contribution in [1.29, 1.82) is 0 Å². The van der Waals surface area contributed by atoms with Crippen LogP contribution in [0.4, 0.5) is 18.9 Å². The minimum absolute atomic E-state index is 0.0212. The van der Waals surface area contributed by atoms with Crippen molar-refractivity contribution < 1.29 is 32.2 Å². The number of nitrogens with zero attached hydrogens (tertiary/aromatic N) is 3. The number of hydrogen-bond donors (Lipinski definition) is 1. The molecule has 1 N–H and O–H groups in total. The molecular formula is C35H31F3N4O4. The Balaban J connectivity index is 1.10. The lowest BCUT2D eigenvalue weighted by Crippen LogP contribution is -2.53. The van der Waals surface area contributed by atoms with Crippen molar-refractivity contribution in [3.63, 3.8) is 0 Å². The number of fused-ring (bicyclic) bond motifs is 1. The van der Waals surface area contributed by atoms with Crippen molar-refractivity contribution in [2.24, 2.45) is 0 Å². The number of ether oxygens (including phenoxy) is 3. The zero-order valence-electron chi connectivity index (χ0n) is 25.2. The molecule has 2 heterocycles. The maximum atomic E-state index is 12.8. The lowest BCUT2D eigenvalue weighted by Gasteiger charge is -2.39. The number of nitrogens with one attached hydrogen (secondary N) is 1. The minimum atomic E-state index is -4.42. The first-order valence-corrected chi connectivity index (χ1v) is 14.6. The Morgan fingerprint density at radius 2 is 1.57 bits per heavy atom. The third-order valence-electron chi connectivity index (χ3n) is 7.79. The molecule has 1 fully saturated rings. The molecule has 1 aliphatic rings. The summed E-state index contributed by atoms with van der Waals surface area (Å²) in [4.78, 5) is 23.8. The number of amides is 1. The first-order chi connectivity index (χ1) is 22.2. The van der Waals surface area contributed by atoms with Gasteiger partial charge in [-0.1, -0.05) is 36.4 Å². The summed E-state index contributed by atoms with van der Waals surface area (Å²) in [7, 11) is 3.25. The van der Waals surface area contributed by atoms with Crippen LogP contribution < -0.4 is 19.5 Å². The second kappa shape index (κ2) is 13.1. The van der Waals surface area contributed by atoms with E-state index in [1.54, 1.807) is 26.4 Å². The van der Waals surface area contributed by atoms with E-state index in [9.17, 15) is 18.0 Å². The SMILES string of the molecule is COc1ccc(CN2CC(Oc3cc4ncnc(-c5ccc(NC(=O)Cc6ccc(C(F)(F)F)cc6)cc5)c4cc3OC)C2)cc1. The van der Waals surface area contributed by atoms with E-state index in [0.717, 1.165) is 48.5 Å². The number of carbonyl (C=O) groups is 1. The third kappa shape index (κ3) is 7.05. The number of benzene rings is 4. The highest BCUT2D eigenvalue weighted by Gasteiger charge is 2.30. The van der Waals surface area contributed by atoms with E-state index in [1.165, 1.54) is 24.0 Å². The fourth-order valence-corrected chi connectivity index (χ4v) is 5.35. The number of hydrogen-bond acceptors (Lipinski definition) is 7. The highest BCUT2D eigenvalue weighted by atomic mass is 19.4. The summed E-state index contributed by atoms with van der Waals surface area (Å²) in [6.45, 7) is 2.40. The fourth-order valence-electron chi connectivity index (χ4n) is 5.35. The van der Waals surface area contributed by atoms with Crippen LogP contribution in [0, 0.1) is 0 Å². The normalized spacial score (nSPS) is 13.7. The average molecular weight is 629 g/mol. The van der Waals surface area contributed by atoms with Crippen LogP contribution in [0.15, 0.2) is 91.3 Å². The molecule has 4 aromatic carbocycles. The monoisotopic (exact) mass is 628 g/mol. The molecule has 0 radical (unpaired) electrons. The van der Waals surface area contributed by atoms with Crippen LogP contribution in [0.1, 0.15) is 16.7 Å². The van der Waals surface area contributed by atoms with Crippen LogP contribution >= 0.6 is 0 Å². The van der Waals surface area contributed by atoms with Gasteiger partial charge >= 0.3 is 6.18 Å². The Hall–Kier alpha value is -5.16. The molecule has 5 aromatic rings. The standard InChI is InChI=1S/C35H31F3N4O4/c1-44-27-13-5-23(6-14-27)18-42-19-28(20-42)46-32-17-30-29(16-31(32)45-2)34(40-21-39-30)24-7-11-26(12-8-24)41-33(43)15-22-3-9-25(10-4-22)35(36,37)38/h3-14,16-17,21,28H,15,18-20H2,1-2H3,(H,41,43). The van der Waals surface area contributed by atoms with E-state index in [-0.39, 0.29) is 18.4 Å². The summed E-state index contributed by atoms with van der Waals surface area (Å²) < 4.78 is 55.7. The van der Waals surface area contributed by atoms with Crippen molar-refractivity contribution in [1.82, 2.24) is 14.9 Å². The Morgan fingerprint density at radius 3 is 2.22 bits per heavy atom. The minimum Gasteiger partial charge on any atom is -0.497 e. The summed E-state index contributed by atoms with van der Waals surface area (Å²) >= 11 is 0. The molecule has 1 saturated heterocycles. The summed E-state index contributed by atoms with van der Waals surface area (Å²) in [6.07, 6.45) is -2.96. The number of likely N-dealkylation sites (tertiary alicyclic amines) is 1. The lowest BCUT2D eigenvalue weighted by atomic mass is 10.0. The van der Waals surface area contributed by atoms with Gasteiger partial charge < -0.3 is 19.5 Å².